The fourth-order valence-electron chi connectivity index (χ4n) is 1.94. The standard InChI is InChI=1S/C15H15N3O5S/c1-10-3-6-12(7-4-10)24(22,23)17-15(19)16-13-8-5-11(2)9-14(13)18(20)21/h3-9H,1-2H3,(H2,16,17,19). The van der Waals surface area contributed by atoms with E-state index < -0.39 is 21.0 Å². The van der Waals surface area contributed by atoms with E-state index in [1.165, 1.54) is 24.3 Å². The minimum atomic E-state index is -4.07. The van der Waals surface area contributed by atoms with Gasteiger partial charge in [0, 0.05) is 6.07 Å². The third-order valence-electron chi connectivity index (χ3n) is 3.16. The van der Waals surface area contributed by atoms with E-state index in [9.17, 15) is 23.3 Å². The predicted octanol–water partition coefficient (Wildman–Crippen LogP) is 2.72. The number of nitro benzene ring substituents is 1. The summed E-state index contributed by atoms with van der Waals surface area (Å²) in [6, 6.07) is 9.02. The van der Waals surface area contributed by atoms with Gasteiger partial charge in [0.25, 0.3) is 15.7 Å². The van der Waals surface area contributed by atoms with E-state index in [0.717, 1.165) is 5.56 Å². The minimum Gasteiger partial charge on any atom is -0.301 e. The Kier molecular flexibility index (Phi) is 4.84. The van der Waals surface area contributed by atoms with Crippen LogP contribution < -0.4 is 10.0 Å². The summed E-state index contributed by atoms with van der Waals surface area (Å²) in [6.07, 6.45) is 0. The molecule has 0 fully saturated rings. The molecular weight excluding hydrogens is 334 g/mol. The van der Waals surface area contributed by atoms with Gasteiger partial charge in [0.2, 0.25) is 0 Å². The van der Waals surface area contributed by atoms with Gasteiger partial charge in [-0.1, -0.05) is 23.8 Å². The molecule has 2 aromatic carbocycles. The number of sulfonamides is 1. The first-order valence-corrected chi connectivity index (χ1v) is 8.33. The van der Waals surface area contributed by atoms with Gasteiger partial charge in [-0.05, 0) is 37.6 Å². The number of aryl methyl sites for hydroxylation is 2. The lowest BCUT2D eigenvalue weighted by atomic mass is 10.2. The highest BCUT2D eigenvalue weighted by atomic mass is 32.2. The van der Waals surface area contributed by atoms with Crippen LogP contribution >= 0.6 is 0 Å². The van der Waals surface area contributed by atoms with E-state index in [1.54, 1.807) is 32.0 Å². The molecule has 0 unspecified atom stereocenters. The highest BCUT2D eigenvalue weighted by Crippen LogP contribution is 2.25. The van der Waals surface area contributed by atoms with Gasteiger partial charge < -0.3 is 5.32 Å². The Labute approximate surface area is 138 Å². The number of anilines is 1. The van der Waals surface area contributed by atoms with Crippen molar-refractivity contribution in [3.8, 4) is 0 Å². The van der Waals surface area contributed by atoms with Crippen LogP contribution in [0.4, 0.5) is 16.2 Å². The Morgan fingerprint density at radius 1 is 1.04 bits per heavy atom. The van der Waals surface area contributed by atoms with Gasteiger partial charge in [-0.25, -0.2) is 17.9 Å². The van der Waals surface area contributed by atoms with E-state index in [-0.39, 0.29) is 16.3 Å². The number of carbonyl (C=O) groups is 1. The summed E-state index contributed by atoms with van der Waals surface area (Å²) < 4.78 is 26.0. The van der Waals surface area contributed by atoms with Crippen molar-refractivity contribution in [3.05, 3.63) is 63.7 Å². The summed E-state index contributed by atoms with van der Waals surface area (Å²) >= 11 is 0. The number of amides is 2. The van der Waals surface area contributed by atoms with E-state index in [0.29, 0.717) is 5.56 Å². The molecule has 0 saturated heterocycles. The number of urea groups is 1. The molecule has 0 saturated carbocycles. The molecule has 8 nitrogen and oxygen atoms in total. The van der Waals surface area contributed by atoms with Gasteiger partial charge in [0.1, 0.15) is 5.69 Å². The lowest BCUT2D eigenvalue weighted by Crippen LogP contribution is -2.34. The highest BCUT2D eigenvalue weighted by Gasteiger charge is 2.20. The topological polar surface area (TPSA) is 118 Å². The largest absolute Gasteiger partial charge is 0.333 e. The fraction of sp³-hybridized carbons (Fsp3) is 0.133. The van der Waals surface area contributed by atoms with Crippen molar-refractivity contribution >= 4 is 27.4 Å². The molecule has 0 aliphatic carbocycles. The highest BCUT2D eigenvalue weighted by molar-refractivity contribution is 7.90. The predicted molar refractivity (Wildman–Crippen MR) is 88.4 cm³/mol. The van der Waals surface area contributed by atoms with Crippen LogP contribution in [0.3, 0.4) is 0 Å². The minimum absolute atomic E-state index is 0.0818. The van der Waals surface area contributed by atoms with Crippen molar-refractivity contribution in [2.24, 2.45) is 0 Å². The maximum atomic E-state index is 12.1. The number of carbonyl (C=O) groups excluding carboxylic acids is 1. The van der Waals surface area contributed by atoms with E-state index >= 15 is 0 Å². The smallest absolute Gasteiger partial charge is 0.301 e. The van der Waals surface area contributed by atoms with Gasteiger partial charge in [-0.2, -0.15) is 0 Å². The SMILES string of the molecule is Cc1ccc(S(=O)(=O)NC(=O)Nc2ccc(C)cc2[N+](=O)[O-])cc1. The van der Waals surface area contributed by atoms with Crippen molar-refractivity contribution in [1.29, 1.82) is 0 Å². The number of nitrogens with one attached hydrogen (secondary N) is 2. The van der Waals surface area contributed by atoms with Crippen molar-refractivity contribution < 1.29 is 18.1 Å². The molecule has 2 aromatic rings. The molecule has 2 N–H and O–H groups in total. The second-order valence-corrected chi connectivity index (χ2v) is 6.83. The average Bonchev–Trinajstić information content (AvgIpc) is 2.48. The molecular formula is C15H15N3O5S. The Balaban J connectivity index is 2.19. The zero-order valence-corrected chi connectivity index (χ0v) is 13.8. The zero-order chi connectivity index (χ0) is 17.9. The van der Waals surface area contributed by atoms with E-state index in [4.69, 9.17) is 0 Å². The lowest BCUT2D eigenvalue weighted by Gasteiger charge is -2.09. The molecule has 0 bridgehead atoms. The maximum Gasteiger partial charge on any atom is 0.333 e. The normalized spacial score (nSPS) is 10.9. The van der Waals surface area contributed by atoms with Crippen LogP contribution in [0.5, 0.6) is 0 Å². The van der Waals surface area contributed by atoms with Crippen LogP contribution in [-0.2, 0) is 10.0 Å². The monoisotopic (exact) mass is 349 g/mol. The number of hydrogen-bond donors (Lipinski definition) is 2. The molecule has 0 heterocycles. The van der Waals surface area contributed by atoms with Gasteiger partial charge >= 0.3 is 6.03 Å². The number of benzene rings is 2. The van der Waals surface area contributed by atoms with Crippen molar-refractivity contribution in [1.82, 2.24) is 4.72 Å². The van der Waals surface area contributed by atoms with Gasteiger partial charge in [0.15, 0.2) is 0 Å². The molecule has 2 rings (SSSR count). The molecule has 9 heteroatoms. The first kappa shape index (κ1) is 17.4. The summed E-state index contributed by atoms with van der Waals surface area (Å²) in [5.74, 6) is 0. The molecule has 0 radical (unpaired) electrons. The number of rotatable bonds is 4. The Bertz CT molecular complexity index is 892. The third-order valence-corrected chi connectivity index (χ3v) is 4.50. The first-order chi connectivity index (χ1) is 11.2. The number of nitrogens with zero attached hydrogens (tertiary/aromatic N) is 1. The summed E-state index contributed by atoms with van der Waals surface area (Å²) in [5, 5.41) is 13.2. The van der Waals surface area contributed by atoms with Crippen molar-refractivity contribution in [2.45, 2.75) is 18.7 Å². The molecule has 0 aliphatic heterocycles. The van der Waals surface area contributed by atoms with E-state index in [2.05, 4.69) is 5.32 Å². The van der Waals surface area contributed by atoms with Gasteiger partial charge in [-0.15, -0.1) is 0 Å². The quantitative estimate of drug-likeness (QED) is 0.650. The third kappa shape index (κ3) is 4.07. The summed E-state index contributed by atoms with van der Waals surface area (Å²) in [7, 11) is -4.07. The summed E-state index contributed by atoms with van der Waals surface area (Å²) in [4.78, 5) is 22.2. The van der Waals surface area contributed by atoms with Gasteiger partial charge in [0.05, 0.1) is 9.82 Å². The average molecular weight is 349 g/mol. The number of nitro groups is 1. The number of hydrogen-bond acceptors (Lipinski definition) is 5. The summed E-state index contributed by atoms with van der Waals surface area (Å²) in [5.41, 5.74) is 1.09. The Morgan fingerprint density at radius 2 is 1.62 bits per heavy atom. The molecule has 0 spiro atoms. The molecule has 126 valence electrons. The Morgan fingerprint density at radius 3 is 2.21 bits per heavy atom. The second-order valence-electron chi connectivity index (χ2n) is 5.15. The van der Waals surface area contributed by atoms with Crippen LogP contribution in [-0.4, -0.2) is 19.4 Å². The fourth-order valence-corrected chi connectivity index (χ4v) is 2.85. The van der Waals surface area contributed by atoms with Crippen LogP contribution in [0.2, 0.25) is 0 Å². The zero-order valence-electron chi connectivity index (χ0n) is 12.9. The summed E-state index contributed by atoms with van der Waals surface area (Å²) in [6.45, 7) is 3.46. The molecule has 0 aliphatic rings. The van der Waals surface area contributed by atoms with Crippen LogP contribution in [0, 0.1) is 24.0 Å². The molecule has 0 atom stereocenters. The maximum absolute atomic E-state index is 12.1. The molecule has 0 aromatic heterocycles. The van der Waals surface area contributed by atoms with Crippen LogP contribution in [0.1, 0.15) is 11.1 Å². The van der Waals surface area contributed by atoms with Gasteiger partial charge in [-0.3, -0.25) is 10.1 Å². The first-order valence-electron chi connectivity index (χ1n) is 6.84. The van der Waals surface area contributed by atoms with Crippen molar-refractivity contribution in [3.63, 3.8) is 0 Å². The van der Waals surface area contributed by atoms with Crippen molar-refractivity contribution in [2.75, 3.05) is 5.32 Å². The van der Waals surface area contributed by atoms with Crippen LogP contribution in [0.25, 0.3) is 0 Å². The second kappa shape index (κ2) is 6.67. The molecule has 2 amide bonds. The van der Waals surface area contributed by atoms with E-state index in [1.807, 2.05) is 4.72 Å². The van der Waals surface area contributed by atoms with Crippen LogP contribution in [0.15, 0.2) is 47.4 Å². The Hall–Kier alpha value is -2.94. The lowest BCUT2D eigenvalue weighted by molar-refractivity contribution is -0.384. The molecule has 24 heavy (non-hydrogen) atoms.